The molecule has 2 N–H and O–H groups in total. The van der Waals surface area contributed by atoms with Gasteiger partial charge in [-0.05, 0) is 18.8 Å². The number of carbonyl (C=O) groups excluding carboxylic acids is 1. The van der Waals surface area contributed by atoms with Crippen LogP contribution in [0.4, 0.5) is 0 Å². The second kappa shape index (κ2) is 6.83. The average molecular weight is 212 g/mol. The Labute approximate surface area is 93.0 Å². The maximum absolute atomic E-state index is 11.0. The van der Waals surface area contributed by atoms with Crippen LogP contribution in [-0.4, -0.2) is 25.5 Å². The number of hydrogen-bond acceptors (Lipinski definition) is 2. The molecule has 1 aliphatic carbocycles. The Bertz CT molecular complexity index is 194. The predicted octanol–water partition coefficient (Wildman–Crippen LogP) is 1.68. The van der Waals surface area contributed by atoms with Gasteiger partial charge in [-0.2, -0.15) is 0 Å². The minimum Gasteiger partial charge on any atom is -0.359 e. The Morgan fingerprint density at radius 2 is 2.20 bits per heavy atom. The Hall–Kier alpha value is -0.570. The topological polar surface area (TPSA) is 41.1 Å². The van der Waals surface area contributed by atoms with Gasteiger partial charge in [0, 0.05) is 26.1 Å². The lowest BCUT2D eigenvalue weighted by Gasteiger charge is -2.29. The molecule has 1 saturated carbocycles. The van der Waals surface area contributed by atoms with Gasteiger partial charge in [-0.1, -0.05) is 26.2 Å². The van der Waals surface area contributed by atoms with Crippen molar-refractivity contribution in [3.05, 3.63) is 0 Å². The monoisotopic (exact) mass is 212 g/mol. The van der Waals surface area contributed by atoms with Crippen LogP contribution in [0.25, 0.3) is 0 Å². The van der Waals surface area contributed by atoms with Crippen molar-refractivity contribution in [1.82, 2.24) is 10.6 Å². The number of nitrogens with one attached hydrogen (secondary N) is 2. The van der Waals surface area contributed by atoms with Gasteiger partial charge < -0.3 is 10.6 Å². The first-order chi connectivity index (χ1) is 7.26. The normalized spacial score (nSPS) is 26.3. The quantitative estimate of drug-likeness (QED) is 0.728. The summed E-state index contributed by atoms with van der Waals surface area (Å²) in [5.74, 6) is 1.03. The van der Waals surface area contributed by atoms with Crippen LogP contribution < -0.4 is 10.6 Å². The molecule has 1 amide bonds. The number of hydrogen-bond donors (Lipinski definition) is 2. The van der Waals surface area contributed by atoms with E-state index in [2.05, 4.69) is 17.6 Å². The van der Waals surface area contributed by atoms with E-state index in [9.17, 15) is 4.79 Å². The van der Waals surface area contributed by atoms with Crippen molar-refractivity contribution in [1.29, 1.82) is 0 Å². The largest absolute Gasteiger partial charge is 0.359 e. The van der Waals surface area contributed by atoms with Crippen molar-refractivity contribution in [2.75, 3.05) is 13.6 Å². The zero-order valence-electron chi connectivity index (χ0n) is 10.0. The molecule has 0 aliphatic heterocycles. The van der Waals surface area contributed by atoms with Gasteiger partial charge in [-0.25, -0.2) is 0 Å². The molecule has 0 aromatic heterocycles. The lowest BCUT2D eigenvalue weighted by Crippen LogP contribution is -2.36. The van der Waals surface area contributed by atoms with E-state index in [0.29, 0.717) is 12.5 Å². The molecule has 3 heteroatoms. The summed E-state index contributed by atoms with van der Waals surface area (Å²) in [5, 5.41) is 6.13. The molecule has 3 nitrogen and oxygen atoms in total. The lowest BCUT2D eigenvalue weighted by atomic mass is 9.84. The standard InChI is InChI=1S/C12H24N2O/c1-3-10-5-4-6-11(9-10)14-8-7-12(15)13-2/h10-11,14H,3-9H2,1-2H3,(H,13,15). The first-order valence-electron chi connectivity index (χ1n) is 6.20. The van der Waals surface area contributed by atoms with Gasteiger partial charge in [-0.3, -0.25) is 4.79 Å². The van der Waals surface area contributed by atoms with E-state index in [1.54, 1.807) is 7.05 Å². The fraction of sp³-hybridized carbons (Fsp3) is 0.917. The average Bonchev–Trinajstić information content (AvgIpc) is 2.29. The van der Waals surface area contributed by atoms with Crippen molar-refractivity contribution in [2.24, 2.45) is 5.92 Å². The highest BCUT2D eigenvalue weighted by molar-refractivity contribution is 5.75. The summed E-state index contributed by atoms with van der Waals surface area (Å²) < 4.78 is 0. The van der Waals surface area contributed by atoms with Gasteiger partial charge in [0.05, 0.1) is 0 Å². The summed E-state index contributed by atoms with van der Waals surface area (Å²) in [4.78, 5) is 11.0. The van der Waals surface area contributed by atoms with Crippen molar-refractivity contribution >= 4 is 5.91 Å². The first kappa shape index (κ1) is 12.5. The van der Waals surface area contributed by atoms with Gasteiger partial charge in [0.2, 0.25) is 5.91 Å². The summed E-state index contributed by atoms with van der Waals surface area (Å²) in [5.41, 5.74) is 0. The van der Waals surface area contributed by atoms with Crippen molar-refractivity contribution in [3.63, 3.8) is 0 Å². The minimum atomic E-state index is 0.130. The van der Waals surface area contributed by atoms with E-state index in [4.69, 9.17) is 0 Å². The Kier molecular flexibility index (Phi) is 5.69. The number of carbonyl (C=O) groups is 1. The van der Waals surface area contributed by atoms with E-state index in [1.165, 1.54) is 32.1 Å². The van der Waals surface area contributed by atoms with Crippen molar-refractivity contribution in [3.8, 4) is 0 Å². The highest BCUT2D eigenvalue weighted by atomic mass is 16.1. The van der Waals surface area contributed by atoms with Gasteiger partial charge in [0.25, 0.3) is 0 Å². The molecule has 1 rings (SSSR count). The molecular weight excluding hydrogens is 188 g/mol. The molecule has 0 saturated heterocycles. The number of amides is 1. The molecule has 0 bridgehead atoms. The van der Waals surface area contributed by atoms with Crippen molar-refractivity contribution in [2.45, 2.75) is 51.5 Å². The van der Waals surface area contributed by atoms with Crippen LogP contribution >= 0.6 is 0 Å². The molecule has 0 aromatic carbocycles. The van der Waals surface area contributed by atoms with E-state index >= 15 is 0 Å². The van der Waals surface area contributed by atoms with Crippen LogP contribution in [0.2, 0.25) is 0 Å². The van der Waals surface area contributed by atoms with E-state index in [-0.39, 0.29) is 5.91 Å². The third kappa shape index (κ3) is 4.65. The van der Waals surface area contributed by atoms with Crippen molar-refractivity contribution < 1.29 is 4.79 Å². The van der Waals surface area contributed by atoms with E-state index in [1.807, 2.05) is 0 Å². The zero-order chi connectivity index (χ0) is 11.1. The molecule has 2 unspecified atom stereocenters. The van der Waals surface area contributed by atoms with Gasteiger partial charge in [0.15, 0.2) is 0 Å². The third-order valence-corrected chi connectivity index (χ3v) is 3.42. The highest BCUT2D eigenvalue weighted by Gasteiger charge is 2.19. The second-order valence-electron chi connectivity index (χ2n) is 4.52. The summed E-state index contributed by atoms with van der Waals surface area (Å²) >= 11 is 0. The molecule has 2 atom stereocenters. The van der Waals surface area contributed by atoms with Crippen LogP contribution in [-0.2, 0) is 4.79 Å². The summed E-state index contributed by atoms with van der Waals surface area (Å²) in [6.45, 7) is 3.10. The highest BCUT2D eigenvalue weighted by Crippen LogP contribution is 2.26. The minimum absolute atomic E-state index is 0.130. The molecule has 1 aliphatic rings. The molecule has 88 valence electrons. The van der Waals surface area contributed by atoms with Crippen LogP contribution in [0.1, 0.15) is 45.4 Å². The summed E-state index contributed by atoms with van der Waals surface area (Å²) in [6.07, 6.45) is 7.21. The molecule has 0 radical (unpaired) electrons. The summed E-state index contributed by atoms with van der Waals surface area (Å²) in [6, 6.07) is 0.647. The molecule has 0 spiro atoms. The first-order valence-corrected chi connectivity index (χ1v) is 6.20. The maximum atomic E-state index is 11.0. The molecular formula is C12H24N2O. The van der Waals surface area contributed by atoms with Crippen LogP contribution in [0, 0.1) is 5.92 Å². The van der Waals surface area contributed by atoms with Crippen LogP contribution in [0.15, 0.2) is 0 Å². The molecule has 1 fully saturated rings. The fourth-order valence-corrected chi connectivity index (χ4v) is 2.36. The summed E-state index contributed by atoms with van der Waals surface area (Å²) in [7, 11) is 1.69. The Morgan fingerprint density at radius 1 is 1.40 bits per heavy atom. The van der Waals surface area contributed by atoms with Crippen LogP contribution in [0.3, 0.4) is 0 Å². The van der Waals surface area contributed by atoms with Gasteiger partial charge in [0.1, 0.15) is 0 Å². The molecule has 0 heterocycles. The van der Waals surface area contributed by atoms with Gasteiger partial charge >= 0.3 is 0 Å². The third-order valence-electron chi connectivity index (χ3n) is 3.42. The lowest BCUT2D eigenvalue weighted by molar-refractivity contribution is -0.120. The van der Waals surface area contributed by atoms with E-state index in [0.717, 1.165) is 12.5 Å². The Morgan fingerprint density at radius 3 is 2.87 bits per heavy atom. The fourth-order valence-electron chi connectivity index (χ4n) is 2.36. The SMILES string of the molecule is CCC1CCCC(NCCC(=O)NC)C1. The second-order valence-corrected chi connectivity index (χ2v) is 4.52. The smallest absolute Gasteiger partial charge is 0.221 e. The molecule has 15 heavy (non-hydrogen) atoms. The maximum Gasteiger partial charge on any atom is 0.221 e. The van der Waals surface area contributed by atoms with Gasteiger partial charge in [-0.15, -0.1) is 0 Å². The predicted molar refractivity (Wildman–Crippen MR) is 62.7 cm³/mol. The van der Waals surface area contributed by atoms with E-state index < -0.39 is 0 Å². The van der Waals surface area contributed by atoms with Crippen LogP contribution in [0.5, 0.6) is 0 Å². The Balaban J connectivity index is 2.12. The number of rotatable bonds is 5. The zero-order valence-corrected chi connectivity index (χ0v) is 10.0. The molecule has 0 aromatic rings.